The summed E-state index contributed by atoms with van der Waals surface area (Å²) in [6, 6.07) is 6.03. The van der Waals surface area contributed by atoms with Gasteiger partial charge in [0.1, 0.15) is 11.3 Å². The molecule has 0 saturated carbocycles. The first-order chi connectivity index (χ1) is 11.8. The Balaban J connectivity index is 1.96. The zero-order valence-electron chi connectivity index (χ0n) is 12.7. The first-order valence-electron chi connectivity index (χ1n) is 7.14. The van der Waals surface area contributed by atoms with E-state index in [4.69, 9.17) is 0 Å². The molecule has 0 atom stereocenters. The number of fused-ring (bicyclic) bond motifs is 3. The topological polar surface area (TPSA) is 78.0 Å². The van der Waals surface area contributed by atoms with Gasteiger partial charge >= 0.3 is 6.18 Å². The van der Waals surface area contributed by atoms with Crippen molar-refractivity contribution < 1.29 is 13.2 Å². The summed E-state index contributed by atoms with van der Waals surface area (Å²) in [6.07, 6.45) is -3.13. The number of pyridine rings is 1. The van der Waals surface area contributed by atoms with Crippen LogP contribution in [0.1, 0.15) is 11.4 Å². The molecule has 126 valence electrons. The highest BCUT2D eigenvalue weighted by Crippen LogP contribution is 2.30. The van der Waals surface area contributed by atoms with Crippen LogP contribution in [-0.2, 0) is 6.18 Å². The average molecular weight is 346 g/mol. The van der Waals surface area contributed by atoms with Crippen LogP contribution in [-0.4, -0.2) is 29.4 Å². The van der Waals surface area contributed by atoms with Crippen LogP contribution < -0.4 is 5.56 Å². The molecule has 1 aromatic carbocycles. The number of nitrogens with zero attached hydrogens (tertiary/aromatic N) is 6. The van der Waals surface area contributed by atoms with Crippen molar-refractivity contribution in [2.24, 2.45) is 0 Å². The number of alkyl halides is 3. The Hall–Kier alpha value is -3.30. The third kappa shape index (κ3) is 2.42. The number of hydrogen-bond donors (Lipinski definition) is 0. The Morgan fingerprint density at radius 2 is 1.92 bits per heavy atom. The minimum atomic E-state index is -4.50. The second-order valence-corrected chi connectivity index (χ2v) is 5.34. The summed E-state index contributed by atoms with van der Waals surface area (Å²) < 4.78 is 41.1. The molecule has 7 nitrogen and oxygen atoms in total. The van der Waals surface area contributed by atoms with Gasteiger partial charge in [0.15, 0.2) is 5.52 Å². The van der Waals surface area contributed by atoms with Crippen molar-refractivity contribution in [1.82, 2.24) is 29.4 Å². The monoisotopic (exact) mass is 346 g/mol. The fourth-order valence-corrected chi connectivity index (χ4v) is 2.54. The van der Waals surface area contributed by atoms with Crippen molar-refractivity contribution in [1.29, 1.82) is 0 Å². The second-order valence-electron chi connectivity index (χ2n) is 5.34. The van der Waals surface area contributed by atoms with Crippen LogP contribution in [0.4, 0.5) is 13.2 Å². The lowest BCUT2D eigenvalue weighted by Gasteiger charge is -2.11. The van der Waals surface area contributed by atoms with E-state index in [1.54, 1.807) is 6.92 Å². The number of hydrogen-bond acceptors (Lipinski definition) is 5. The molecule has 0 bridgehead atoms. The van der Waals surface area contributed by atoms with Gasteiger partial charge in [0.05, 0.1) is 5.56 Å². The van der Waals surface area contributed by atoms with E-state index >= 15 is 0 Å². The Bertz CT molecular complexity index is 1180. The van der Waals surface area contributed by atoms with Gasteiger partial charge in [0, 0.05) is 11.9 Å². The maximum Gasteiger partial charge on any atom is 0.416 e. The molecule has 0 aliphatic carbocycles. The number of benzene rings is 1. The molecule has 10 heteroatoms. The van der Waals surface area contributed by atoms with Gasteiger partial charge in [-0.2, -0.15) is 22.7 Å². The molecule has 3 heterocycles. The van der Waals surface area contributed by atoms with Gasteiger partial charge in [-0.25, -0.2) is 0 Å². The molecule has 0 spiro atoms. The number of aryl methyl sites for hydroxylation is 1. The van der Waals surface area contributed by atoms with E-state index in [0.717, 1.165) is 16.7 Å². The second kappa shape index (κ2) is 5.10. The lowest BCUT2D eigenvalue weighted by Crippen LogP contribution is -2.20. The molecule has 4 aromatic rings. The van der Waals surface area contributed by atoms with Crippen LogP contribution in [0.25, 0.3) is 22.5 Å². The smallest absolute Gasteiger partial charge is 0.282 e. The molecule has 0 N–H and O–H groups in total. The van der Waals surface area contributed by atoms with Crippen molar-refractivity contribution >= 4 is 16.8 Å². The molecule has 0 unspecified atom stereocenters. The van der Waals surface area contributed by atoms with Gasteiger partial charge in [0.2, 0.25) is 0 Å². The number of aromatic nitrogens is 6. The highest BCUT2D eigenvalue weighted by Gasteiger charge is 2.30. The predicted molar refractivity (Wildman–Crippen MR) is 81.4 cm³/mol. The summed E-state index contributed by atoms with van der Waals surface area (Å²) in [5.74, 6) is 0.699. The summed E-state index contributed by atoms with van der Waals surface area (Å²) in [5.41, 5.74) is -1.00. The molecule has 0 aliphatic heterocycles. The minimum absolute atomic E-state index is 0.0164. The van der Waals surface area contributed by atoms with Gasteiger partial charge in [-0.3, -0.25) is 9.36 Å². The fraction of sp³-hybridized carbons (Fsp3) is 0.133. The van der Waals surface area contributed by atoms with E-state index in [0.29, 0.717) is 11.3 Å². The third-order valence-corrected chi connectivity index (χ3v) is 3.66. The zero-order valence-corrected chi connectivity index (χ0v) is 12.7. The van der Waals surface area contributed by atoms with Crippen molar-refractivity contribution in [2.75, 3.05) is 0 Å². The standard InChI is InChI=1S/C15H9F3N6O/c1-8-19-14-21-20-12-11(24(14)22-8)5-6-23(13(12)25)10-4-2-3-9(7-10)15(16,17)18/h2-7H,1H3. The van der Waals surface area contributed by atoms with E-state index in [-0.39, 0.29) is 17.0 Å². The first-order valence-corrected chi connectivity index (χ1v) is 7.14. The number of halogens is 3. The lowest BCUT2D eigenvalue weighted by atomic mass is 10.2. The first kappa shape index (κ1) is 15.2. The Morgan fingerprint density at radius 3 is 2.68 bits per heavy atom. The molecule has 3 aromatic heterocycles. The highest BCUT2D eigenvalue weighted by atomic mass is 19.4. The van der Waals surface area contributed by atoms with E-state index < -0.39 is 17.3 Å². The molecule has 4 rings (SSSR count). The SMILES string of the molecule is Cc1nc2nnc3c(=O)n(-c4cccc(C(F)(F)F)c4)ccc3n2n1. The van der Waals surface area contributed by atoms with Crippen LogP contribution >= 0.6 is 0 Å². The molecular formula is C15H9F3N6O. The van der Waals surface area contributed by atoms with Crippen molar-refractivity contribution in [2.45, 2.75) is 13.1 Å². The molecule has 0 saturated heterocycles. The summed E-state index contributed by atoms with van der Waals surface area (Å²) in [6.45, 7) is 1.67. The summed E-state index contributed by atoms with van der Waals surface area (Å²) in [5, 5.41) is 11.8. The maximum absolute atomic E-state index is 12.9. The van der Waals surface area contributed by atoms with Crippen molar-refractivity contribution in [3.8, 4) is 5.69 Å². The highest BCUT2D eigenvalue weighted by molar-refractivity contribution is 5.74. The molecule has 0 radical (unpaired) electrons. The molecule has 0 fully saturated rings. The van der Waals surface area contributed by atoms with Gasteiger partial charge in [-0.05, 0) is 31.2 Å². The van der Waals surface area contributed by atoms with E-state index in [1.807, 2.05) is 0 Å². The zero-order chi connectivity index (χ0) is 17.8. The fourth-order valence-electron chi connectivity index (χ4n) is 2.54. The quantitative estimate of drug-likeness (QED) is 0.528. The lowest BCUT2D eigenvalue weighted by molar-refractivity contribution is -0.137. The largest absolute Gasteiger partial charge is 0.416 e. The Labute approximate surface area is 137 Å². The third-order valence-electron chi connectivity index (χ3n) is 3.66. The molecular weight excluding hydrogens is 337 g/mol. The van der Waals surface area contributed by atoms with Gasteiger partial charge < -0.3 is 0 Å². The van der Waals surface area contributed by atoms with E-state index in [2.05, 4.69) is 20.3 Å². The molecule has 25 heavy (non-hydrogen) atoms. The van der Waals surface area contributed by atoms with E-state index in [1.165, 1.54) is 28.9 Å². The average Bonchev–Trinajstić information content (AvgIpc) is 2.95. The Morgan fingerprint density at radius 1 is 1.12 bits per heavy atom. The van der Waals surface area contributed by atoms with E-state index in [9.17, 15) is 18.0 Å². The van der Waals surface area contributed by atoms with Gasteiger partial charge in [-0.15, -0.1) is 15.3 Å². The summed E-state index contributed by atoms with van der Waals surface area (Å²) >= 11 is 0. The predicted octanol–water partition coefficient (Wildman–Crippen LogP) is 2.15. The van der Waals surface area contributed by atoms with Gasteiger partial charge in [0.25, 0.3) is 11.3 Å². The summed E-state index contributed by atoms with van der Waals surface area (Å²) in [7, 11) is 0. The van der Waals surface area contributed by atoms with Crippen LogP contribution in [0.2, 0.25) is 0 Å². The van der Waals surface area contributed by atoms with Crippen molar-refractivity contribution in [3.63, 3.8) is 0 Å². The Kier molecular flexibility index (Phi) is 3.11. The molecule has 0 aliphatic rings. The maximum atomic E-state index is 12.9. The van der Waals surface area contributed by atoms with Crippen LogP contribution in [0.3, 0.4) is 0 Å². The normalized spacial score (nSPS) is 12.2. The minimum Gasteiger partial charge on any atom is -0.282 e. The van der Waals surface area contributed by atoms with Crippen LogP contribution in [0, 0.1) is 6.92 Å². The van der Waals surface area contributed by atoms with Crippen LogP contribution in [0.15, 0.2) is 41.3 Å². The number of rotatable bonds is 1. The van der Waals surface area contributed by atoms with Crippen molar-refractivity contribution in [3.05, 3.63) is 58.3 Å². The van der Waals surface area contributed by atoms with Crippen LogP contribution in [0.5, 0.6) is 0 Å². The van der Waals surface area contributed by atoms with Gasteiger partial charge in [-0.1, -0.05) is 6.07 Å². The molecule has 0 amide bonds. The summed E-state index contributed by atoms with van der Waals surface area (Å²) in [4.78, 5) is 16.7.